The lowest BCUT2D eigenvalue weighted by Crippen LogP contribution is -2.60. The molecule has 2 amide bonds. The molecule has 0 aromatic heterocycles. The van der Waals surface area contributed by atoms with Crippen LogP contribution in [-0.4, -0.2) is 97.8 Å². The molecule has 3 saturated heterocycles. The van der Waals surface area contributed by atoms with Crippen molar-refractivity contribution in [3.8, 4) is 5.75 Å². The molecule has 0 radical (unpaired) electrons. The van der Waals surface area contributed by atoms with Crippen molar-refractivity contribution in [1.29, 1.82) is 0 Å². The number of likely N-dealkylation sites (tertiary alicyclic amines) is 2. The van der Waals surface area contributed by atoms with Gasteiger partial charge in [-0.05, 0) is 64.2 Å². The molecule has 0 spiro atoms. The van der Waals surface area contributed by atoms with E-state index in [0.29, 0.717) is 50.8 Å². The predicted octanol–water partition coefficient (Wildman–Crippen LogP) is 4.23. The van der Waals surface area contributed by atoms with E-state index in [9.17, 15) is 18.0 Å². The SMILES string of the molecule is CC(C)(C)OC(=O)NC1CCN(S(=O)(=O)c2cccc(OC3CN(C4CCN(C(=O)OCc5ccccc5)CC4)C3)c2)CC1. The number of amides is 2. The maximum Gasteiger partial charge on any atom is 0.410 e. The monoisotopic (exact) mass is 628 g/mol. The number of carbonyl (C=O) groups is 2. The third-order valence-corrected chi connectivity index (χ3v) is 10.1. The second-order valence-electron chi connectivity index (χ2n) is 12.8. The van der Waals surface area contributed by atoms with E-state index in [0.717, 1.165) is 31.5 Å². The minimum atomic E-state index is -3.69. The molecular weight excluding hydrogens is 584 g/mol. The van der Waals surface area contributed by atoms with Crippen molar-refractivity contribution in [2.45, 2.75) is 81.7 Å². The molecule has 0 aliphatic carbocycles. The molecule has 3 aliphatic rings. The third kappa shape index (κ3) is 8.42. The highest BCUT2D eigenvalue weighted by molar-refractivity contribution is 7.89. The summed E-state index contributed by atoms with van der Waals surface area (Å²) in [4.78, 5) is 28.9. The first-order valence-corrected chi connectivity index (χ1v) is 16.9. The Balaban J connectivity index is 1.04. The van der Waals surface area contributed by atoms with Gasteiger partial charge in [0.25, 0.3) is 0 Å². The molecule has 12 heteroatoms. The summed E-state index contributed by atoms with van der Waals surface area (Å²) in [6.45, 7) is 9.17. The molecule has 0 bridgehead atoms. The Morgan fingerprint density at radius 1 is 0.909 bits per heavy atom. The molecule has 3 fully saturated rings. The highest BCUT2D eigenvalue weighted by atomic mass is 32.2. The van der Waals surface area contributed by atoms with Crippen molar-refractivity contribution < 1.29 is 32.2 Å². The molecule has 2 aromatic carbocycles. The van der Waals surface area contributed by atoms with E-state index < -0.39 is 21.7 Å². The summed E-state index contributed by atoms with van der Waals surface area (Å²) in [5.74, 6) is 0.535. The number of nitrogens with one attached hydrogen (secondary N) is 1. The molecule has 5 rings (SSSR count). The van der Waals surface area contributed by atoms with Crippen LogP contribution in [0.1, 0.15) is 52.0 Å². The molecule has 3 aliphatic heterocycles. The average molecular weight is 629 g/mol. The number of sulfonamides is 1. The normalized spacial score (nSPS) is 19.7. The molecular formula is C32H44N4O7S. The molecule has 0 unspecified atom stereocenters. The quantitative estimate of drug-likeness (QED) is 0.462. The van der Waals surface area contributed by atoms with E-state index in [-0.39, 0.29) is 29.7 Å². The van der Waals surface area contributed by atoms with Gasteiger partial charge in [0.15, 0.2) is 0 Å². The number of alkyl carbamates (subject to hydrolysis) is 1. The van der Waals surface area contributed by atoms with Crippen LogP contribution in [-0.2, 0) is 26.1 Å². The first-order chi connectivity index (χ1) is 21.0. The summed E-state index contributed by atoms with van der Waals surface area (Å²) in [7, 11) is -3.69. The summed E-state index contributed by atoms with van der Waals surface area (Å²) in [5, 5.41) is 2.85. The number of carbonyl (C=O) groups excluding carboxylic acids is 2. The van der Waals surface area contributed by atoms with Crippen LogP contribution in [0.5, 0.6) is 5.75 Å². The van der Waals surface area contributed by atoms with Gasteiger partial charge in [-0.2, -0.15) is 4.31 Å². The van der Waals surface area contributed by atoms with Gasteiger partial charge in [0.05, 0.1) is 4.90 Å². The fourth-order valence-corrected chi connectivity index (χ4v) is 7.34. The molecule has 44 heavy (non-hydrogen) atoms. The van der Waals surface area contributed by atoms with E-state index in [1.165, 1.54) is 4.31 Å². The van der Waals surface area contributed by atoms with Crippen LogP contribution in [0, 0.1) is 0 Å². The van der Waals surface area contributed by atoms with Gasteiger partial charge in [0.2, 0.25) is 10.0 Å². The number of benzene rings is 2. The minimum absolute atomic E-state index is 0.0171. The van der Waals surface area contributed by atoms with Gasteiger partial charge in [-0.1, -0.05) is 36.4 Å². The van der Waals surface area contributed by atoms with Crippen LogP contribution in [0.25, 0.3) is 0 Å². The number of nitrogens with zero attached hydrogens (tertiary/aromatic N) is 3. The van der Waals surface area contributed by atoms with Gasteiger partial charge in [0, 0.05) is 57.4 Å². The van der Waals surface area contributed by atoms with E-state index in [2.05, 4.69) is 10.2 Å². The maximum atomic E-state index is 13.4. The zero-order valence-corrected chi connectivity index (χ0v) is 26.6. The Morgan fingerprint density at radius 2 is 1.59 bits per heavy atom. The maximum absolute atomic E-state index is 13.4. The summed E-state index contributed by atoms with van der Waals surface area (Å²) >= 11 is 0. The fraction of sp³-hybridized carbons (Fsp3) is 0.562. The van der Waals surface area contributed by atoms with Crippen LogP contribution in [0.15, 0.2) is 59.5 Å². The van der Waals surface area contributed by atoms with Crippen LogP contribution in [0.4, 0.5) is 9.59 Å². The Bertz CT molecular complexity index is 1380. The van der Waals surface area contributed by atoms with Crippen molar-refractivity contribution in [3.05, 3.63) is 60.2 Å². The highest BCUT2D eigenvalue weighted by Gasteiger charge is 2.37. The third-order valence-electron chi connectivity index (χ3n) is 8.24. The van der Waals surface area contributed by atoms with Crippen molar-refractivity contribution in [2.75, 3.05) is 39.3 Å². The Hall–Kier alpha value is -3.35. The first kappa shape index (κ1) is 32.1. The highest BCUT2D eigenvalue weighted by Crippen LogP contribution is 2.28. The van der Waals surface area contributed by atoms with Gasteiger partial charge in [-0.25, -0.2) is 18.0 Å². The van der Waals surface area contributed by atoms with Gasteiger partial charge in [-0.3, -0.25) is 4.90 Å². The standard InChI is InChI=1S/C32H44N4O7S/c1-32(2,3)43-30(37)33-25-12-18-36(19-13-25)44(39,40)29-11-7-10-27(20-29)42-28-21-35(22-28)26-14-16-34(17-15-26)31(38)41-23-24-8-5-4-6-9-24/h4-11,20,25-26,28H,12-19,21-23H2,1-3H3,(H,33,37). The molecule has 0 saturated carbocycles. The fourth-order valence-electron chi connectivity index (χ4n) is 5.83. The van der Waals surface area contributed by atoms with E-state index in [1.807, 2.05) is 30.3 Å². The summed E-state index contributed by atoms with van der Waals surface area (Å²) in [6, 6.07) is 16.6. The van der Waals surface area contributed by atoms with Crippen LogP contribution < -0.4 is 10.1 Å². The van der Waals surface area contributed by atoms with Gasteiger partial charge in [-0.15, -0.1) is 0 Å². The van der Waals surface area contributed by atoms with Crippen molar-refractivity contribution in [2.24, 2.45) is 0 Å². The molecule has 11 nitrogen and oxygen atoms in total. The Kier molecular flexibility index (Phi) is 10.0. The number of ether oxygens (including phenoxy) is 3. The summed E-state index contributed by atoms with van der Waals surface area (Å²) in [6.07, 6.45) is 2.02. The predicted molar refractivity (Wildman–Crippen MR) is 165 cm³/mol. The number of rotatable bonds is 8. The van der Waals surface area contributed by atoms with Crippen LogP contribution in [0.3, 0.4) is 0 Å². The summed E-state index contributed by atoms with van der Waals surface area (Å²) in [5.41, 5.74) is 0.386. The molecule has 240 valence electrons. The minimum Gasteiger partial charge on any atom is -0.488 e. The van der Waals surface area contributed by atoms with Crippen molar-refractivity contribution >= 4 is 22.2 Å². The largest absolute Gasteiger partial charge is 0.488 e. The number of hydrogen-bond donors (Lipinski definition) is 1. The van der Waals surface area contributed by atoms with Gasteiger partial charge in [0.1, 0.15) is 24.1 Å². The number of piperidine rings is 2. The molecule has 2 aromatic rings. The number of hydrogen-bond acceptors (Lipinski definition) is 8. The molecule has 0 atom stereocenters. The van der Waals surface area contributed by atoms with E-state index in [4.69, 9.17) is 14.2 Å². The second kappa shape index (κ2) is 13.7. The zero-order chi connectivity index (χ0) is 31.3. The molecule has 3 heterocycles. The lowest BCUT2D eigenvalue weighted by molar-refractivity contribution is -0.0266. The topological polar surface area (TPSA) is 118 Å². The smallest absolute Gasteiger partial charge is 0.410 e. The second-order valence-corrected chi connectivity index (χ2v) is 14.7. The lowest BCUT2D eigenvalue weighted by atomic mass is 9.99. The van der Waals surface area contributed by atoms with Crippen molar-refractivity contribution in [3.63, 3.8) is 0 Å². The van der Waals surface area contributed by atoms with Gasteiger partial charge < -0.3 is 24.4 Å². The van der Waals surface area contributed by atoms with Crippen LogP contribution in [0.2, 0.25) is 0 Å². The Morgan fingerprint density at radius 3 is 2.25 bits per heavy atom. The Labute approximate surface area is 260 Å². The van der Waals surface area contributed by atoms with E-state index in [1.54, 1.807) is 49.9 Å². The molecule has 1 N–H and O–H groups in total. The van der Waals surface area contributed by atoms with Crippen molar-refractivity contribution in [1.82, 2.24) is 19.4 Å². The zero-order valence-electron chi connectivity index (χ0n) is 25.8. The average Bonchev–Trinajstić information content (AvgIpc) is 2.97. The van der Waals surface area contributed by atoms with E-state index >= 15 is 0 Å². The lowest BCUT2D eigenvalue weighted by Gasteiger charge is -2.46. The van der Waals surface area contributed by atoms with Crippen LogP contribution >= 0.6 is 0 Å². The summed E-state index contributed by atoms with van der Waals surface area (Å²) < 4.78 is 45.2. The first-order valence-electron chi connectivity index (χ1n) is 15.4. The van der Waals surface area contributed by atoms with Gasteiger partial charge >= 0.3 is 12.2 Å².